The molecular weight excluding hydrogens is 867 g/mol. The molecule has 0 bridgehead atoms. The first-order valence-electron chi connectivity index (χ1n) is 21.9. The highest BCUT2D eigenvalue weighted by Gasteiger charge is 2.71. The zero-order valence-corrected chi connectivity index (χ0v) is 37.3. The number of allylic oxidation sites excluding steroid dienone is 4. The van der Waals surface area contributed by atoms with Crippen molar-refractivity contribution in [1.82, 2.24) is 4.90 Å². The van der Waals surface area contributed by atoms with Crippen LogP contribution in [0.25, 0.3) is 0 Å². The molecule has 65 heavy (non-hydrogen) atoms. The van der Waals surface area contributed by atoms with Crippen molar-refractivity contribution < 1.29 is 66.7 Å². The largest absolute Gasteiger partial charge is 0.390 e. The molecule has 1 heterocycles. The van der Waals surface area contributed by atoms with E-state index in [1.54, 1.807) is 13.0 Å². The van der Waals surface area contributed by atoms with E-state index in [1.807, 2.05) is 49.4 Å². The Bertz CT molecular complexity index is 2170. The number of hydrogen-bond acceptors (Lipinski definition) is 13. The number of carbonyl (C=O) groups excluding carboxylic acids is 5. The quantitative estimate of drug-likeness (QED) is 0.0773. The molecular formula is C48H56F2N2O12S. The van der Waals surface area contributed by atoms with Gasteiger partial charge in [-0.15, -0.1) is 0 Å². The predicted octanol–water partition coefficient (Wildman–Crippen LogP) is 5.42. The Morgan fingerprint density at radius 1 is 0.892 bits per heavy atom. The maximum atomic E-state index is 17.6. The highest BCUT2D eigenvalue weighted by Crippen LogP contribution is 2.68. The van der Waals surface area contributed by atoms with Gasteiger partial charge in [0.25, 0.3) is 11.8 Å². The van der Waals surface area contributed by atoms with E-state index in [1.165, 1.54) is 42.1 Å². The van der Waals surface area contributed by atoms with Gasteiger partial charge in [-0.25, -0.2) is 8.78 Å². The molecule has 17 heteroatoms. The molecule has 2 aromatic carbocycles. The number of nitrogens with one attached hydrogen (secondary N) is 1. The van der Waals surface area contributed by atoms with Gasteiger partial charge in [0.15, 0.2) is 23.5 Å². The number of halogens is 2. The average molecular weight is 923 g/mol. The van der Waals surface area contributed by atoms with E-state index in [2.05, 4.69) is 5.32 Å². The van der Waals surface area contributed by atoms with E-state index < -0.39 is 71.9 Å². The monoisotopic (exact) mass is 922 g/mol. The van der Waals surface area contributed by atoms with Gasteiger partial charge >= 0.3 is 0 Å². The van der Waals surface area contributed by atoms with Gasteiger partial charge < -0.3 is 39.2 Å². The minimum atomic E-state index is -2.20. The number of fused-ring (bicyclic) bond motifs is 5. The first-order chi connectivity index (χ1) is 31.1. The van der Waals surface area contributed by atoms with E-state index in [9.17, 15) is 34.2 Å². The Hall–Kier alpha value is -4.46. The van der Waals surface area contributed by atoms with Crippen LogP contribution < -0.4 is 5.32 Å². The number of benzene rings is 2. The van der Waals surface area contributed by atoms with Crippen LogP contribution in [0.15, 0.2) is 94.3 Å². The fraction of sp³-hybridized carbons (Fsp3) is 0.521. The molecule has 0 unspecified atom stereocenters. The summed E-state index contributed by atoms with van der Waals surface area (Å²) in [4.78, 5) is 62.9. The maximum absolute atomic E-state index is 17.6. The number of carbonyl (C=O) groups is 5. The summed E-state index contributed by atoms with van der Waals surface area (Å²) in [7, 11) is 0. The van der Waals surface area contributed by atoms with Gasteiger partial charge in [-0.1, -0.05) is 43.0 Å². The Labute approximate surface area is 380 Å². The normalized spacial score (nSPS) is 29.6. The molecule has 7 rings (SSSR count). The highest BCUT2D eigenvalue weighted by molar-refractivity contribution is 7.99. The number of anilines is 1. The fourth-order valence-corrected chi connectivity index (χ4v) is 11.0. The number of imide groups is 1. The molecule has 14 nitrogen and oxygen atoms in total. The van der Waals surface area contributed by atoms with Gasteiger partial charge in [-0.3, -0.25) is 28.9 Å². The summed E-state index contributed by atoms with van der Waals surface area (Å²) in [6.07, 6.45) is 2.77. The number of ketones is 2. The summed E-state index contributed by atoms with van der Waals surface area (Å²) in [5.41, 5.74) is -2.98. The lowest BCUT2D eigenvalue weighted by atomic mass is 9.45. The number of aliphatic hydroxyl groups is 2. The molecule has 0 radical (unpaired) electrons. The van der Waals surface area contributed by atoms with Crippen LogP contribution in [-0.4, -0.2) is 128 Å². The molecule has 3 saturated carbocycles. The molecule has 1 aliphatic heterocycles. The molecule has 0 saturated heterocycles. The second-order valence-corrected chi connectivity index (χ2v) is 18.8. The fourth-order valence-electron chi connectivity index (χ4n) is 10.1. The number of aliphatic hydroxyl groups excluding tert-OH is 2. The number of Topliss-reactive ketones (excluding diaryl/α,β-unsaturated/α-hetero) is 1. The van der Waals surface area contributed by atoms with Gasteiger partial charge in [0.1, 0.15) is 19.4 Å². The number of ether oxygens (including phenoxy) is 5. The molecule has 3 amide bonds. The van der Waals surface area contributed by atoms with Gasteiger partial charge in [-0.05, 0) is 92.0 Å². The third-order valence-corrected chi connectivity index (χ3v) is 14.3. The second kappa shape index (κ2) is 21.0. The van der Waals surface area contributed by atoms with Gasteiger partial charge in [0.2, 0.25) is 5.91 Å². The number of alkyl halides is 2. The molecule has 3 N–H and O–H groups in total. The van der Waals surface area contributed by atoms with E-state index in [4.69, 9.17) is 23.7 Å². The summed E-state index contributed by atoms with van der Waals surface area (Å²) < 4.78 is 62.3. The minimum absolute atomic E-state index is 0.0724. The van der Waals surface area contributed by atoms with Gasteiger partial charge in [0.05, 0.1) is 64.8 Å². The van der Waals surface area contributed by atoms with Crippen molar-refractivity contribution >= 4 is 46.7 Å². The first-order valence-corrected chi connectivity index (χ1v) is 22.8. The zero-order chi connectivity index (χ0) is 46.4. The Morgan fingerprint density at radius 3 is 2.29 bits per heavy atom. The smallest absolute Gasteiger partial charge is 0.253 e. The van der Waals surface area contributed by atoms with Crippen molar-refractivity contribution in [1.29, 1.82) is 0 Å². The molecule has 0 aromatic heterocycles. The van der Waals surface area contributed by atoms with E-state index >= 15 is 8.78 Å². The number of rotatable bonds is 22. The molecule has 0 spiro atoms. The lowest BCUT2D eigenvalue weighted by Crippen LogP contribution is -2.67. The Morgan fingerprint density at radius 2 is 1.58 bits per heavy atom. The van der Waals surface area contributed by atoms with Crippen LogP contribution in [0.5, 0.6) is 0 Å². The zero-order valence-electron chi connectivity index (χ0n) is 36.5. The Balaban J connectivity index is 0.880. The van der Waals surface area contributed by atoms with Crippen molar-refractivity contribution in [2.24, 2.45) is 22.7 Å². The van der Waals surface area contributed by atoms with E-state index in [-0.39, 0.29) is 74.8 Å². The van der Waals surface area contributed by atoms with Crippen molar-refractivity contribution in [3.63, 3.8) is 0 Å². The summed E-state index contributed by atoms with van der Waals surface area (Å²) >= 11 is 1.46. The standard InChI is InChI=1S/C48H56F2N2O12S/c1-46-26-34(24-37(46)38-25-40(49)39-23-32(54)12-14-47(39,2)48(38,50)41(56)27-46)64-45(63-29-33(55)28-53)30-6-8-35(9-7-30)65-36-5-3-4-31(22-36)51-42(57)13-16-60-18-20-62-21-19-61-17-15-52-43(58)10-11-44(52)59/h3-12,14,22-23,34,37-38,40-41,45,53,56H,13,15-21,24-29H2,1-2H3,(H,51,57)/t34-,37+,38+,40+,41+,45+,46+,47+,48+/m1/s1. The highest BCUT2D eigenvalue weighted by atomic mass is 32.2. The molecule has 9 atom stereocenters. The van der Waals surface area contributed by atoms with Crippen LogP contribution in [0, 0.1) is 22.7 Å². The van der Waals surface area contributed by atoms with Crippen LogP contribution in [-0.2, 0) is 47.7 Å². The predicted molar refractivity (Wildman–Crippen MR) is 233 cm³/mol. The minimum Gasteiger partial charge on any atom is -0.390 e. The van der Waals surface area contributed by atoms with Crippen molar-refractivity contribution in [3.8, 4) is 0 Å². The van der Waals surface area contributed by atoms with E-state index in [0.717, 1.165) is 14.7 Å². The molecule has 350 valence electrons. The van der Waals surface area contributed by atoms with Crippen LogP contribution in [0.2, 0.25) is 0 Å². The molecule has 4 aliphatic carbocycles. The average Bonchev–Trinajstić information content (AvgIpc) is 3.78. The number of hydrogen-bond donors (Lipinski definition) is 3. The van der Waals surface area contributed by atoms with Crippen molar-refractivity contribution in [3.05, 3.63) is 90.0 Å². The van der Waals surface area contributed by atoms with Gasteiger partial charge in [0, 0.05) is 44.5 Å². The van der Waals surface area contributed by atoms with Crippen LogP contribution >= 0.6 is 11.8 Å². The summed E-state index contributed by atoms with van der Waals surface area (Å²) in [6.45, 7) is 4.23. The number of nitrogens with zero attached hydrogens (tertiary/aromatic N) is 1. The van der Waals surface area contributed by atoms with E-state index in [0.29, 0.717) is 43.9 Å². The van der Waals surface area contributed by atoms with Crippen LogP contribution in [0.4, 0.5) is 14.5 Å². The van der Waals surface area contributed by atoms with Gasteiger partial charge in [-0.2, -0.15) is 0 Å². The third kappa shape index (κ3) is 10.9. The molecule has 2 aromatic rings. The molecule has 5 aliphatic rings. The summed E-state index contributed by atoms with van der Waals surface area (Å²) in [5.74, 6) is -3.05. The first kappa shape index (κ1) is 48.5. The third-order valence-electron chi connectivity index (χ3n) is 13.3. The second-order valence-electron chi connectivity index (χ2n) is 17.6. The van der Waals surface area contributed by atoms with Crippen LogP contribution in [0.3, 0.4) is 0 Å². The lowest BCUT2D eigenvalue weighted by molar-refractivity contribution is -0.195. The molecule has 3 fully saturated rings. The summed E-state index contributed by atoms with van der Waals surface area (Å²) in [6, 6.07) is 14.7. The lowest BCUT2D eigenvalue weighted by Gasteiger charge is -2.61. The SMILES string of the molecule is C[C@@]12C[C@H](O[C@H](OCC(=O)CO)c3ccc(Sc4cccc(NC(=O)CCOCCOCCOCCN5C(=O)C=CC5=O)c4)cc3)C[C@H]1[C@@H]1C[C@H](F)C3=CC(=O)C=C[C@]3(C)[C@@]1(F)[C@@H](O)C2. The maximum Gasteiger partial charge on any atom is 0.253 e. The summed E-state index contributed by atoms with van der Waals surface area (Å²) in [5, 5.41) is 23.8. The Kier molecular flexibility index (Phi) is 15.7. The topological polar surface area (TPSA) is 187 Å². The van der Waals surface area contributed by atoms with Crippen LogP contribution in [0.1, 0.15) is 57.8 Å². The van der Waals surface area contributed by atoms with Crippen molar-refractivity contribution in [2.45, 2.75) is 86.1 Å². The number of amides is 3. The van der Waals surface area contributed by atoms with Crippen molar-refractivity contribution in [2.75, 3.05) is 64.7 Å².